The second kappa shape index (κ2) is 5.18. The third-order valence-corrected chi connectivity index (χ3v) is 2.49. The standard InChI is InChI=1S/C13H14O5/c1-8(14)16-13(17-9(2)15)12-11(18-12)10-6-4-3-5-7-10/h3-7,11-13H,1-2H3. The maximum absolute atomic E-state index is 10.9. The minimum Gasteiger partial charge on any atom is -0.422 e. The third-order valence-electron chi connectivity index (χ3n) is 2.49. The van der Waals surface area contributed by atoms with E-state index in [1.54, 1.807) is 0 Å². The fourth-order valence-corrected chi connectivity index (χ4v) is 1.73. The number of hydrogen-bond donors (Lipinski definition) is 0. The Hall–Kier alpha value is -1.88. The number of esters is 2. The van der Waals surface area contributed by atoms with Gasteiger partial charge in [0, 0.05) is 13.8 Å². The molecule has 2 atom stereocenters. The van der Waals surface area contributed by atoms with Crippen LogP contribution in [-0.2, 0) is 23.8 Å². The van der Waals surface area contributed by atoms with Crippen molar-refractivity contribution in [3.8, 4) is 0 Å². The van der Waals surface area contributed by atoms with Gasteiger partial charge in [-0.05, 0) is 5.56 Å². The average molecular weight is 250 g/mol. The van der Waals surface area contributed by atoms with Gasteiger partial charge in [0.2, 0.25) is 0 Å². The summed E-state index contributed by atoms with van der Waals surface area (Å²) >= 11 is 0. The van der Waals surface area contributed by atoms with Crippen LogP contribution in [0, 0.1) is 0 Å². The molecule has 0 bridgehead atoms. The highest BCUT2D eigenvalue weighted by Crippen LogP contribution is 2.41. The minimum absolute atomic E-state index is 0.199. The fraction of sp³-hybridized carbons (Fsp3) is 0.385. The first kappa shape index (κ1) is 12.6. The van der Waals surface area contributed by atoms with Crippen molar-refractivity contribution in [2.45, 2.75) is 32.3 Å². The molecule has 1 aromatic rings. The first-order valence-electron chi connectivity index (χ1n) is 5.63. The second-order valence-corrected chi connectivity index (χ2v) is 4.02. The molecule has 2 rings (SSSR count). The molecule has 5 nitrogen and oxygen atoms in total. The molecule has 5 heteroatoms. The zero-order valence-corrected chi connectivity index (χ0v) is 10.2. The lowest BCUT2D eigenvalue weighted by atomic mass is 10.1. The molecule has 96 valence electrons. The molecule has 0 saturated carbocycles. The molecule has 0 radical (unpaired) electrons. The van der Waals surface area contributed by atoms with Crippen LogP contribution in [0.25, 0.3) is 0 Å². The molecule has 1 heterocycles. The first-order chi connectivity index (χ1) is 8.58. The maximum atomic E-state index is 10.9. The van der Waals surface area contributed by atoms with E-state index in [9.17, 15) is 9.59 Å². The number of epoxide rings is 1. The number of carbonyl (C=O) groups is 2. The smallest absolute Gasteiger partial charge is 0.305 e. The monoisotopic (exact) mass is 250 g/mol. The molecule has 0 N–H and O–H groups in total. The average Bonchev–Trinajstić information content (AvgIpc) is 3.08. The van der Waals surface area contributed by atoms with Crippen LogP contribution >= 0.6 is 0 Å². The van der Waals surface area contributed by atoms with Crippen molar-refractivity contribution >= 4 is 11.9 Å². The second-order valence-electron chi connectivity index (χ2n) is 4.02. The van der Waals surface area contributed by atoms with Gasteiger partial charge in [0.05, 0.1) is 0 Å². The summed E-state index contributed by atoms with van der Waals surface area (Å²) in [5, 5.41) is 0. The van der Waals surface area contributed by atoms with Crippen LogP contribution in [0.2, 0.25) is 0 Å². The van der Waals surface area contributed by atoms with Gasteiger partial charge >= 0.3 is 11.9 Å². The van der Waals surface area contributed by atoms with Gasteiger partial charge in [-0.1, -0.05) is 30.3 Å². The molecule has 1 aliphatic rings. The van der Waals surface area contributed by atoms with E-state index in [0.717, 1.165) is 5.56 Å². The van der Waals surface area contributed by atoms with Gasteiger partial charge in [-0.15, -0.1) is 0 Å². The molecule has 0 amide bonds. The normalized spacial score (nSPS) is 21.5. The van der Waals surface area contributed by atoms with E-state index in [-0.39, 0.29) is 6.10 Å². The van der Waals surface area contributed by atoms with Crippen molar-refractivity contribution in [1.29, 1.82) is 0 Å². The van der Waals surface area contributed by atoms with E-state index in [1.165, 1.54) is 13.8 Å². The molecular weight excluding hydrogens is 236 g/mol. The van der Waals surface area contributed by atoms with Gasteiger partial charge in [-0.25, -0.2) is 0 Å². The summed E-state index contributed by atoms with van der Waals surface area (Å²) in [6, 6.07) is 9.49. The first-order valence-corrected chi connectivity index (χ1v) is 5.63. The van der Waals surface area contributed by atoms with Crippen molar-refractivity contribution in [3.63, 3.8) is 0 Å². The van der Waals surface area contributed by atoms with E-state index >= 15 is 0 Å². The van der Waals surface area contributed by atoms with E-state index in [1.807, 2.05) is 30.3 Å². The minimum atomic E-state index is -0.981. The maximum Gasteiger partial charge on any atom is 0.305 e. The summed E-state index contributed by atoms with van der Waals surface area (Å²) < 4.78 is 15.3. The Morgan fingerprint density at radius 2 is 1.67 bits per heavy atom. The quantitative estimate of drug-likeness (QED) is 0.461. The van der Waals surface area contributed by atoms with Crippen molar-refractivity contribution in [1.82, 2.24) is 0 Å². The number of rotatable bonds is 4. The van der Waals surface area contributed by atoms with Gasteiger partial charge in [0.25, 0.3) is 6.29 Å². The Balaban J connectivity index is 2.01. The zero-order valence-electron chi connectivity index (χ0n) is 10.2. The van der Waals surface area contributed by atoms with Crippen LogP contribution in [0.1, 0.15) is 25.5 Å². The Kier molecular flexibility index (Phi) is 3.62. The van der Waals surface area contributed by atoms with Gasteiger partial charge in [0.15, 0.2) is 6.10 Å². The van der Waals surface area contributed by atoms with E-state index in [2.05, 4.69) is 0 Å². The SMILES string of the molecule is CC(=O)OC(OC(C)=O)C1OC1c1ccccc1. The molecule has 18 heavy (non-hydrogen) atoms. The predicted molar refractivity (Wildman–Crippen MR) is 61.4 cm³/mol. The van der Waals surface area contributed by atoms with Crippen LogP contribution in [0.4, 0.5) is 0 Å². The van der Waals surface area contributed by atoms with Crippen LogP contribution in [0.3, 0.4) is 0 Å². The summed E-state index contributed by atoms with van der Waals surface area (Å²) in [6.45, 7) is 2.52. The molecule has 0 spiro atoms. The molecule has 0 aromatic heterocycles. The van der Waals surface area contributed by atoms with Crippen LogP contribution in [0.15, 0.2) is 30.3 Å². The number of carbonyl (C=O) groups excluding carboxylic acids is 2. The zero-order chi connectivity index (χ0) is 13.1. The Morgan fingerprint density at radius 1 is 1.11 bits per heavy atom. The molecule has 2 unspecified atom stereocenters. The lowest BCUT2D eigenvalue weighted by Gasteiger charge is -2.14. The Bertz CT molecular complexity index is 426. The molecule has 1 saturated heterocycles. The molecule has 1 aromatic carbocycles. The van der Waals surface area contributed by atoms with Crippen LogP contribution in [0.5, 0.6) is 0 Å². The summed E-state index contributed by atoms with van der Waals surface area (Å²) in [5.41, 5.74) is 0.965. The lowest BCUT2D eigenvalue weighted by Crippen LogP contribution is -2.28. The third kappa shape index (κ3) is 3.07. The Morgan fingerprint density at radius 3 is 2.17 bits per heavy atom. The highest BCUT2D eigenvalue weighted by atomic mass is 16.7. The van der Waals surface area contributed by atoms with E-state index < -0.39 is 24.3 Å². The molecular formula is C13H14O5. The van der Waals surface area contributed by atoms with Gasteiger partial charge in [-0.3, -0.25) is 9.59 Å². The highest BCUT2D eigenvalue weighted by Gasteiger charge is 2.49. The lowest BCUT2D eigenvalue weighted by molar-refractivity contribution is -0.188. The van der Waals surface area contributed by atoms with Crippen molar-refractivity contribution < 1.29 is 23.8 Å². The van der Waals surface area contributed by atoms with Crippen molar-refractivity contribution in [2.24, 2.45) is 0 Å². The van der Waals surface area contributed by atoms with Gasteiger partial charge in [0.1, 0.15) is 6.10 Å². The van der Waals surface area contributed by atoms with Crippen molar-refractivity contribution in [2.75, 3.05) is 0 Å². The van der Waals surface area contributed by atoms with Gasteiger partial charge < -0.3 is 14.2 Å². The largest absolute Gasteiger partial charge is 0.422 e. The topological polar surface area (TPSA) is 65.1 Å². The molecule has 1 aliphatic heterocycles. The summed E-state index contributed by atoms with van der Waals surface area (Å²) in [5.74, 6) is -1.02. The Labute approximate surface area is 105 Å². The summed E-state index contributed by atoms with van der Waals surface area (Å²) in [4.78, 5) is 21.9. The fourth-order valence-electron chi connectivity index (χ4n) is 1.73. The van der Waals surface area contributed by atoms with Crippen LogP contribution < -0.4 is 0 Å². The van der Waals surface area contributed by atoms with Crippen LogP contribution in [-0.4, -0.2) is 24.3 Å². The molecule has 0 aliphatic carbocycles. The van der Waals surface area contributed by atoms with E-state index in [4.69, 9.17) is 14.2 Å². The van der Waals surface area contributed by atoms with Crippen molar-refractivity contribution in [3.05, 3.63) is 35.9 Å². The number of hydrogen-bond acceptors (Lipinski definition) is 5. The predicted octanol–water partition coefficient (Wildman–Crippen LogP) is 1.58. The summed E-state index contributed by atoms with van der Waals surface area (Å²) in [7, 11) is 0. The van der Waals surface area contributed by atoms with E-state index in [0.29, 0.717) is 0 Å². The number of benzene rings is 1. The molecule has 1 fully saturated rings. The highest BCUT2D eigenvalue weighted by molar-refractivity contribution is 5.68. The summed E-state index contributed by atoms with van der Waals surface area (Å²) in [6.07, 6.45) is -1.61. The number of ether oxygens (including phenoxy) is 3. The van der Waals surface area contributed by atoms with Gasteiger partial charge in [-0.2, -0.15) is 0 Å².